The molecule has 0 amide bonds. The van der Waals surface area contributed by atoms with Crippen LogP contribution in [0.1, 0.15) is 10.8 Å². The number of thiophene rings is 1. The van der Waals surface area contributed by atoms with Gasteiger partial charge in [-0.3, -0.25) is 0 Å². The van der Waals surface area contributed by atoms with Gasteiger partial charge in [0.05, 0.1) is 23.5 Å². The quantitative estimate of drug-likeness (QED) is 0.908. The minimum Gasteiger partial charge on any atom is -0.490 e. The summed E-state index contributed by atoms with van der Waals surface area (Å²) in [5, 5.41) is 9.33. The predicted molar refractivity (Wildman–Crippen MR) is 71.1 cm³/mol. The lowest BCUT2D eigenvalue weighted by molar-refractivity contribution is 0.202. The maximum atomic E-state index is 13.3. The molecule has 1 aromatic heterocycles. The molecule has 0 spiro atoms. The van der Waals surface area contributed by atoms with Crippen LogP contribution in [0.2, 0.25) is 4.34 Å². The van der Waals surface area contributed by atoms with E-state index in [1.165, 1.54) is 17.4 Å². The first-order chi connectivity index (χ1) is 8.70. The van der Waals surface area contributed by atoms with Crippen LogP contribution in [0.3, 0.4) is 0 Å². The molecule has 96 valence electrons. The SMILES string of the molecule is OCC(COc1ccccc1F)c1ccc(Cl)s1. The molecule has 0 fully saturated rings. The molecule has 0 aliphatic rings. The fourth-order valence-corrected chi connectivity index (χ4v) is 2.66. The van der Waals surface area contributed by atoms with Gasteiger partial charge in [-0.2, -0.15) is 0 Å². The Morgan fingerprint density at radius 3 is 2.67 bits per heavy atom. The van der Waals surface area contributed by atoms with Crippen molar-refractivity contribution in [1.82, 2.24) is 0 Å². The standard InChI is InChI=1S/C13H12ClFO2S/c14-13-6-5-12(18-13)9(7-16)8-17-11-4-2-1-3-10(11)15/h1-6,9,16H,7-8H2. The third-order valence-corrected chi connectivity index (χ3v) is 3.89. The number of benzene rings is 1. The van der Waals surface area contributed by atoms with Crippen molar-refractivity contribution in [2.75, 3.05) is 13.2 Å². The molecule has 2 aromatic rings. The molecule has 1 heterocycles. The summed E-state index contributed by atoms with van der Waals surface area (Å²) in [4.78, 5) is 0.929. The zero-order valence-electron chi connectivity index (χ0n) is 9.48. The number of aliphatic hydroxyl groups is 1. The van der Waals surface area contributed by atoms with E-state index in [4.69, 9.17) is 16.3 Å². The largest absolute Gasteiger partial charge is 0.490 e. The number of hydrogen-bond acceptors (Lipinski definition) is 3. The van der Waals surface area contributed by atoms with E-state index in [2.05, 4.69) is 0 Å². The third kappa shape index (κ3) is 3.22. The van der Waals surface area contributed by atoms with E-state index in [9.17, 15) is 9.50 Å². The van der Waals surface area contributed by atoms with Gasteiger partial charge < -0.3 is 9.84 Å². The zero-order chi connectivity index (χ0) is 13.0. The van der Waals surface area contributed by atoms with Gasteiger partial charge in [-0.05, 0) is 24.3 Å². The summed E-state index contributed by atoms with van der Waals surface area (Å²) < 4.78 is 19.4. The van der Waals surface area contributed by atoms with E-state index in [1.54, 1.807) is 24.3 Å². The van der Waals surface area contributed by atoms with E-state index in [0.29, 0.717) is 4.34 Å². The van der Waals surface area contributed by atoms with Crippen LogP contribution in [-0.2, 0) is 0 Å². The summed E-state index contributed by atoms with van der Waals surface area (Å²) in [6.45, 7) is 0.152. The van der Waals surface area contributed by atoms with Crippen molar-refractivity contribution in [3.63, 3.8) is 0 Å². The first-order valence-electron chi connectivity index (χ1n) is 5.44. The van der Waals surface area contributed by atoms with Crippen LogP contribution in [0.25, 0.3) is 0 Å². The fraction of sp³-hybridized carbons (Fsp3) is 0.231. The second kappa shape index (κ2) is 6.18. The van der Waals surface area contributed by atoms with Gasteiger partial charge in [0.15, 0.2) is 11.6 Å². The van der Waals surface area contributed by atoms with Gasteiger partial charge >= 0.3 is 0 Å². The Bertz CT molecular complexity index is 515. The Morgan fingerprint density at radius 1 is 1.28 bits per heavy atom. The van der Waals surface area contributed by atoms with E-state index >= 15 is 0 Å². The maximum absolute atomic E-state index is 13.3. The first kappa shape index (κ1) is 13.3. The van der Waals surface area contributed by atoms with Gasteiger partial charge in [0.1, 0.15) is 0 Å². The van der Waals surface area contributed by atoms with Gasteiger partial charge in [-0.1, -0.05) is 23.7 Å². The highest BCUT2D eigenvalue weighted by molar-refractivity contribution is 7.16. The van der Waals surface area contributed by atoms with Crippen molar-refractivity contribution in [2.24, 2.45) is 0 Å². The summed E-state index contributed by atoms with van der Waals surface area (Å²) >= 11 is 7.23. The normalized spacial score (nSPS) is 12.4. The molecule has 1 unspecified atom stereocenters. The average Bonchev–Trinajstić information content (AvgIpc) is 2.79. The smallest absolute Gasteiger partial charge is 0.165 e. The molecule has 0 aliphatic carbocycles. The van der Waals surface area contributed by atoms with Crippen molar-refractivity contribution in [1.29, 1.82) is 0 Å². The molecule has 5 heteroatoms. The summed E-state index contributed by atoms with van der Waals surface area (Å²) in [6.07, 6.45) is 0. The number of rotatable bonds is 5. The molecule has 0 saturated carbocycles. The molecular weight excluding hydrogens is 275 g/mol. The van der Waals surface area contributed by atoms with Gasteiger partial charge in [0.2, 0.25) is 0 Å². The first-order valence-corrected chi connectivity index (χ1v) is 6.63. The van der Waals surface area contributed by atoms with Crippen LogP contribution >= 0.6 is 22.9 Å². The molecule has 0 bridgehead atoms. The predicted octanol–water partition coefficient (Wildman–Crippen LogP) is 3.70. The van der Waals surface area contributed by atoms with Crippen LogP contribution in [0.5, 0.6) is 5.75 Å². The van der Waals surface area contributed by atoms with E-state index < -0.39 is 5.82 Å². The van der Waals surface area contributed by atoms with Crippen LogP contribution in [0.15, 0.2) is 36.4 Å². The fourth-order valence-electron chi connectivity index (χ4n) is 1.52. The summed E-state index contributed by atoms with van der Waals surface area (Å²) in [6, 6.07) is 9.82. The van der Waals surface area contributed by atoms with Gasteiger partial charge in [0.25, 0.3) is 0 Å². The maximum Gasteiger partial charge on any atom is 0.165 e. The summed E-state index contributed by atoms with van der Waals surface area (Å²) in [7, 11) is 0. The lowest BCUT2D eigenvalue weighted by Crippen LogP contribution is -2.13. The van der Waals surface area contributed by atoms with Gasteiger partial charge in [-0.25, -0.2) is 4.39 Å². The highest BCUT2D eigenvalue weighted by atomic mass is 35.5. The molecule has 0 saturated heterocycles. The number of aliphatic hydroxyl groups excluding tert-OH is 1. The van der Waals surface area contributed by atoms with Crippen LogP contribution in [0.4, 0.5) is 4.39 Å². The minimum absolute atomic E-state index is 0.0642. The van der Waals surface area contributed by atoms with Crippen molar-refractivity contribution in [2.45, 2.75) is 5.92 Å². The molecule has 1 aromatic carbocycles. The molecule has 0 aliphatic heterocycles. The second-order valence-corrected chi connectivity index (χ2v) is 5.51. The molecule has 1 N–H and O–H groups in total. The zero-order valence-corrected chi connectivity index (χ0v) is 11.0. The number of para-hydroxylation sites is 1. The summed E-state index contributed by atoms with van der Waals surface area (Å²) in [5.74, 6) is -0.404. The summed E-state index contributed by atoms with van der Waals surface area (Å²) in [5.41, 5.74) is 0. The highest BCUT2D eigenvalue weighted by Gasteiger charge is 2.14. The Morgan fingerprint density at radius 2 is 2.06 bits per heavy atom. The van der Waals surface area contributed by atoms with Crippen molar-refractivity contribution in [3.8, 4) is 5.75 Å². The van der Waals surface area contributed by atoms with Crippen molar-refractivity contribution >= 4 is 22.9 Å². The van der Waals surface area contributed by atoms with Crippen molar-refractivity contribution < 1.29 is 14.2 Å². The van der Waals surface area contributed by atoms with E-state index in [1.807, 2.05) is 6.07 Å². The number of halogens is 2. The number of hydrogen-bond donors (Lipinski definition) is 1. The molecule has 18 heavy (non-hydrogen) atoms. The minimum atomic E-state index is -0.404. The van der Waals surface area contributed by atoms with Gasteiger partial charge in [0, 0.05) is 4.88 Å². The van der Waals surface area contributed by atoms with E-state index in [0.717, 1.165) is 4.88 Å². The second-order valence-electron chi connectivity index (χ2n) is 3.76. The molecule has 1 atom stereocenters. The Kier molecular flexibility index (Phi) is 4.58. The monoisotopic (exact) mass is 286 g/mol. The van der Waals surface area contributed by atoms with Crippen molar-refractivity contribution in [3.05, 3.63) is 51.4 Å². The van der Waals surface area contributed by atoms with Gasteiger partial charge in [-0.15, -0.1) is 11.3 Å². The Labute approximate surface area is 114 Å². The average molecular weight is 287 g/mol. The molecule has 0 radical (unpaired) electrons. The third-order valence-electron chi connectivity index (χ3n) is 2.49. The van der Waals surface area contributed by atoms with Crippen LogP contribution in [-0.4, -0.2) is 18.3 Å². The Balaban J connectivity index is 2.02. The number of ether oxygens (including phenoxy) is 1. The van der Waals surface area contributed by atoms with E-state index in [-0.39, 0.29) is 24.9 Å². The molecule has 2 nitrogen and oxygen atoms in total. The lowest BCUT2D eigenvalue weighted by Gasteiger charge is -2.14. The van der Waals surface area contributed by atoms with Crippen LogP contribution < -0.4 is 4.74 Å². The van der Waals surface area contributed by atoms with Crippen LogP contribution in [0, 0.1) is 5.82 Å². The Hall–Kier alpha value is -1.10. The highest BCUT2D eigenvalue weighted by Crippen LogP contribution is 2.29. The topological polar surface area (TPSA) is 29.5 Å². The molecule has 2 rings (SSSR count). The lowest BCUT2D eigenvalue weighted by atomic mass is 10.1. The molecular formula is C13H12ClFO2S.